The first-order valence-corrected chi connectivity index (χ1v) is 6.71. The Morgan fingerprint density at radius 2 is 2.10 bits per heavy atom. The van der Waals surface area contributed by atoms with Crippen molar-refractivity contribution in [2.45, 2.75) is 0 Å². The molecule has 0 atom stereocenters. The van der Waals surface area contributed by atoms with Crippen LogP contribution in [0, 0.1) is 0 Å². The summed E-state index contributed by atoms with van der Waals surface area (Å²) in [6.45, 7) is 0. The van der Waals surface area contributed by atoms with Crippen molar-refractivity contribution in [1.29, 1.82) is 0 Å². The SMILES string of the molecule is CNc1ccc(C(=O)Nc2cc(Br)cc(OC)c2)cn1. The molecule has 2 aromatic rings. The number of pyridine rings is 1. The number of benzene rings is 1. The number of carbonyl (C=O) groups is 1. The van der Waals surface area contributed by atoms with E-state index in [0.29, 0.717) is 22.8 Å². The standard InChI is InChI=1S/C14H14BrN3O2/c1-16-13-4-3-9(8-17-13)14(19)18-11-5-10(15)6-12(7-11)20-2/h3-8H,1-2H3,(H,16,17)(H,18,19). The van der Waals surface area contributed by atoms with Crippen LogP contribution < -0.4 is 15.4 Å². The Labute approximate surface area is 125 Å². The van der Waals surface area contributed by atoms with Gasteiger partial charge >= 0.3 is 0 Å². The molecule has 2 rings (SSSR count). The number of ether oxygens (including phenoxy) is 1. The summed E-state index contributed by atoms with van der Waals surface area (Å²) in [7, 11) is 3.35. The molecule has 0 saturated carbocycles. The molecule has 1 aromatic carbocycles. The molecule has 6 heteroatoms. The molecule has 1 aromatic heterocycles. The summed E-state index contributed by atoms with van der Waals surface area (Å²) < 4.78 is 5.98. The summed E-state index contributed by atoms with van der Waals surface area (Å²) in [5, 5.41) is 5.70. The minimum atomic E-state index is -0.222. The van der Waals surface area contributed by atoms with Crippen LogP contribution in [-0.2, 0) is 0 Å². The quantitative estimate of drug-likeness (QED) is 0.900. The normalized spacial score (nSPS) is 9.95. The average molecular weight is 336 g/mol. The predicted octanol–water partition coefficient (Wildman–Crippen LogP) is 3.15. The van der Waals surface area contributed by atoms with Crippen molar-refractivity contribution in [3.8, 4) is 5.75 Å². The van der Waals surface area contributed by atoms with E-state index in [1.165, 1.54) is 6.20 Å². The summed E-state index contributed by atoms with van der Waals surface area (Å²) >= 11 is 3.37. The van der Waals surface area contributed by atoms with Crippen molar-refractivity contribution < 1.29 is 9.53 Å². The van der Waals surface area contributed by atoms with Crippen LogP contribution in [0.15, 0.2) is 41.0 Å². The lowest BCUT2D eigenvalue weighted by Gasteiger charge is -2.08. The number of rotatable bonds is 4. The molecular weight excluding hydrogens is 322 g/mol. The van der Waals surface area contributed by atoms with E-state index in [0.717, 1.165) is 4.47 Å². The van der Waals surface area contributed by atoms with E-state index in [-0.39, 0.29) is 5.91 Å². The first-order valence-electron chi connectivity index (χ1n) is 5.92. The van der Waals surface area contributed by atoms with Gasteiger partial charge in [-0.05, 0) is 24.3 Å². The van der Waals surface area contributed by atoms with Gasteiger partial charge in [0.2, 0.25) is 0 Å². The van der Waals surface area contributed by atoms with Gasteiger partial charge in [-0.1, -0.05) is 15.9 Å². The second-order valence-corrected chi connectivity index (χ2v) is 4.93. The van der Waals surface area contributed by atoms with Crippen LogP contribution in [0.25, 0.3) is 0 Å². The minimum Gasteiger partial charge on any atom is -0.497 e. The molecular formula is C14H14BrN3O2. The third-order valence-electron chi connectivity index (χ3n) is 2.65. The maximum absolute atomic E-state index is 12.1. The highest BCUT2D eigenvalue weighted by atomic mass is 79.9. The molecule has 20 heavy (non-hydrogen) atoms. The number of amides is 1. The van der Waals surface area contributed by atoms with E-state index in [4.69, 9.17) is 4.74 Å². The van der Waals surface area contributed by atoms with Gasteiger partial charge in [-0.2, -0.15) is 0 Å². The van der Waals surface area contributed by atoms with Gasteiger partial charge in [-0.3, -0.25) is 4.79 Å². The van der Waals surface area contributed by atoms with Crippen LogP contribution in [-0.4, -0.2) is 25.0 Å². The Bertz CT molecular complexity index is 614. The van der Waals surface area contributed by atoms with Crippen molar-refractivity contribution in [2.24, 2.45) is 0 Å². The topological polar surface area (TPSA) is 63.2 Å². The summed E-state index contributed by atoms with van der Waals surface area (Å²) in [4.78, 5) is 16.2. The number of carbonyl (C=O) groups excluding carboxylic acids is 1. The van der Waals surface area contributed by atoms with E-state index >= 15 is 0 Å². The highest BCUT2D eigenvalue weighted by Crippen LogP contribution is 2.24. The molecule has 104 valence electrons. The van der Waals surface area contributed by atoms with Crippen LogP contribution in [0.4, 0.5) is 11.5 Å². The van der Waals surface area contributed by atoms with Crippen molar-refractivity contribution >= 4 is 33.3 Å². The highest BCUT2D eigenvalue weighted by Gasteiger charge is 2.08. The summed E-state index contributed by atoms with van der Waals surface area (Å²) in [6, 6.07) is 8.83. The monoisotopic (exact) mass is 335 g/mol. The van der Waals surface area contributed by atoms with Crippen LogP contribution in [0.3, 0.4) is 0 Å². The largest absolute Gasteiger partial charge is 0.497 e. The lowest BCUT2D eigenvalue weighted by molar-refractivity contribution is 0.102. The third kappa shape index (κ3) is 3.48. The molecule has 0 aliphatic heterocycles. The van der Waals surface area contributed by atoms with Gasteiger partial charge < -0.3 is 15.4 Å². The van der Waals surface area contributed by atoms with Crippen LogP contribution in [0.5, 0.6) is 5.75 Å². The molecule has 1 amide bonds. The number of hydrogen-bond acceptors (Lipinski definition) is 4. The Kier molecular flexibility index (Phi) is 4.57. The molecule has 0 aliphatic carbocycles. The molecule has 0 aliphatic rings. The third-order valence-corrected chi connectivity index (χ3v) is 3.10. The summed E-state index contributed by atoms with van der Waals surface area (Å²) in [6.07, 6.45) is 1.52. The van der Waals surface area contributed by atoms with E-state index in [9.17, 15) is 4.79 Å². The Hall–Kier alpha value is -2.08. The van der Waals surface area contributed by atoms with Gasteiger partial charge in [0.05, 0.1) is 12.7 Å². The Morgan fingerprint density at radius 1 is 1.30 bits per heavy atom. The first kappa shape index (κ1) is 14.3. The molecule has 0 spiro atoms. The first-order chi connectivity index (χ1) is 9.62. The van der Waals surface area contributed by atoms with Gasteiger partial charge in [-0.15, -0.1) is 0 Å². The van der Waals surface area contributed by atoms with Gasteiger partial charge in [0.1, 0.15) is 11.6 Å². The van der Waals surface area contributed by atoms with E-state index in [2.05, 4.69) is 31.5 Å². The molecule has 1 heterocycles. The van der Waals surface area contributed by atoms with Gasteiger partial charge in [0.25, 0.3) is 5.91 Å². The molecule has 0 unspecified atom stereocenters. The second-order valence-electron chi connectivity index (χ2n) is 4.02. The van der Waals surface area contributed by atoms with Crippen molar-refractivity contribution in [3.63, 3.8) is 0 Å². The zero-order chi connectivity index (χ0) is 14.5. The maximum Gasteiger partial charge on any atom is 0.257 e. The van der Waals surface area contributed by atoms with E-state index in [1.54, 1.807) is 38.4 Å². The van der Waals surface area contributed by atoms with Crippen molar-refractivity contribution in [1.82, 2.24) is 4.98 Å². The lowest BCUT2D eigenvalue weighted by atomic mass is 10.2. The second kappa shape index (κ2) is 6.38. The van der Waals surface area contributed by atoms with Gasteiger partial charge in [0.15, 0.2) is 0 Å². The number of nitrogens with one attached hydrogen (secondary N) is 2. The average Bonchev–Trinajstić information content (AvgIpc) is 2.46. The van der Waals surface area contributed by atoms with Gasteiger partial charge in [-0.25, -0.2) is 4.98 Å². The summed E-state index contributed by atoms with van der Waals surface area (Å²) in [5.74, 6) is 1.16. The molecule has 0 saturated heterocycles. The smallest absolute Gasteiger partial charge is 0.257 e. The molecule has 0 radical (unpaired) electrons. The summed E-state index contributed by atoms with van der Waals surface area (Å²) in [5.41, 5.74) is 1.14. The molecule has 0 bridgehead atoms. The van der Waals surface area contributed by atoms with Crippen LogP contribution >= 0.6 is 15.9 Å². The zero-order valence-electron chi connectivity index (χ0n) is 11.1. The fourth-order valence-corrected chi connectivity index (χ4v) is 2.10. The number of nitrogens with zero attached hydrogens (tertiary/aromatic N) is 1. The number of hydrogen-bond donors (Lipinski definition) is 2. The number of methoxy groups -OCH3 is 1. The highest BCUT2D eigenvalue weighted by molar-refractivity contribution is 9.10. The lowest BCUT2D eigenvalue weighted by Crippen LogP contribution is -2.12. The van der Waals surface area contributed by atoms with Gasteiger partial charge in [0, 0.05) is 29.5 Å². The number of halogens is 1. The van der Waals surface area contributed by atoms with Crippen LogP contribution in [0.1, 0.15) is 10.4 Å². The zero-order valence-corrected chi connectivity index (χ0v) is 12.7. The van der Waals surface area contributed by atoms with Crippen molar-refractivity contribution in [2.75, 3.05) is 24.8 Å². The van der Waals surface area contributed by atoms with Crippen LogP contribution in [0.2, 0.25) is 0 Å². The molecule has 0 fully saturated rings. The number of aromatic nitrogens is 1. The maximum atomic E-state index is 12.1. The minimum absolute atomic E-state index is 0.222. The molecule has 2 N–H and O–H groups in total. The number of anilines is 2. The Morgan fingerprint density at radius 3 is 2.70 bits per heavy atom. The van der Waals surface area contributed by atoms with Crippen molar-refractivity contribution in [3.05, 3.63) is 46.6 Å². The fourth-order valence-electron chi connectivity index (χ4n) is 1.63. The molecule has 5 nitrogen and oxygen atoms in total. The predicted molar refractivity (Wildman–Crippen MR) is 82.4 cm³/mol. The van der Waals surface area contributed by atoms with E-state index in [1.807, 2.05) is 6.07 Å². The van der Waals surface area contributed by atoms with E-state index < -0.39 is 0 Å². The fraction of sp³-hybridized carbons (Fsp3) is 0.143. The Balaban J connectivity index is 2.16.